The molecule has 3 aromatic rings. The van der Waals surface area contributed by atoms with E-state index < -0.39 is 32.0 Å². The Labute approximate surface area is 266 Å². The highest BCUT2D eigenvalue weighted by molar-refractivity contribution is 7.71. The lowest BCUT2D eigenvalue weighted by atomic mass is 10.0. The van der Waals surface area contributed by atoms with Crippen LogP contribution in [0.25, 0.3) is 10.1 Å². The molecule has 1 aromatic heterocycles. The van der Waals surface area contributed by atoms with Crippen LogP contribution in [0.4, 0.5) is 28.9 Å². The molecule has 2 N–H and O–H groups in total. The van der Waals surface area contributed by atoms with Crippen molar-refractivity contribution < 1.29 is 26.9 Å². The maximum atomic E-state index is 14.8. The van der Waals surface area contributed by atoms with Crippen LogP contribution in [0.3, 0.4) is 0 Å². The first-order chi connectivity index (χ1) is 21.4. The number of nitrogens with zero attached hydrogens (tertiary/aromatic N) is 2. The molecule has 0 spiro atoms. The maximum absolute atomic E-state index is 14.8. The number of anilines is 2. The summed E-state index contributed by atoms with van der Waals surface area (Å²) in [4.78, 5) is 4.46. The molecular weight excluding hydrogens is 623 g/mol. The predicted octanol–water partition coefficient (Wildman–Crippen LogP) is 6.64. The number of benzene rings is 2. The number of alkyl halides is 4. The molecule has 2 atom stereocenters. The van der Waals surface area contributed by atoms with Crippen LogP contribution in [-0.4, -0.2) is 94.4 Å². The molecule has 0 aliphatic carbocycles. The number of nitrogens with one attached hydrogen (secondary N) is 2. The van der Waals surface area contributed by atoms with Crippen molar-refractivity contribution in [3.05, 3.63) is 46.8 Å². The second-order valence-electron chi connectivity index (χ2n) is 12.3. The highest BCUT2D eigenvalue weighted by Gasteiger charge is 2.34. The van der Waals surface area contributed by atoms with Gasteiger partial charge < -0.3 is 29.7 Å². The maximum Gasteiger partial charge on any atom is 0.393 e. The summed E-state index contributed by atoms with van der Waals surface area (Å²) in [5.74, 6) is 6.50. The molecule has 0 amide bonds. The zero-order valence-corrected chi connectivity index (χ0v) is 27.8. The Morgan fingerprint density at radius 3 is 2.56 bits per heavy atom. The number of hydrogen-bond acceptors (Lipinski definition) is 7. The second-order valence-corrected chi connectivity index (χ2v) is 16.5. The topological polar surface area (TPSA) is 56.8 Å². The lowest BCUT2D eigenvalue weighted by Crippen LogP contribution is -2.46. The van der Waals surface area contributed by atoms with E-state index in [0.29, 0.717) is 63.4 Å². The first kappa shape index (κ1) is 33.6. The standard InChI is InChI=1S/C33H41F4N4O2PS/c1-40(2)22-13-17-44(42,18-14-22)23-10-11-28(30(19-23)43-4)38-15-6-9-31-25(20-33(35,36)37)24-7-5-8-29(32(24)45-31)39-27-12-16-41(3)21-26(27)34/h5,7-8,10-11,19,22,26-27,38-39H,12-18,20-21H2,1-4H3/t22?,26-,27+,44?/m1/s1. The highest BCUT2D eigenvalue weighted by Crippen LogP contribution is 2.50. The van der Waals surface area contributed by atoms with Crippen LogP contribution < -0.4 is 20.7 Å². The van der Waals surface area contributed by atoms with Gasteiger partial charge in [-0.25, -0.2) is 4.39 Å². The first-order valence-corrected chi connectivity index (χ1v) is 18.1. The van der Waals surface area contributed by atoms with Gasteiger partial charge in [0, 0.05) is 36.8 Å². The smallest absolute Gasteiger partial charge is 0.393 e. The molecule has 244 valence electrons. The molecule has 12 heteroatoms. The van der Waals surface area contributed by atoms with Crippen LogP contribution in [0.15, 0.2) is 36.4 Å². The molecule has 3 heterocycles. The van der Waals surface area contributed by atoms with Gasteiger partial charge in [0.25, 0.3) is 0 Å². The number of rotatable bonds is 8. The fourth-order valence-corrected chi connectivity index (χ4v) is 10.3. The van der Waals surface area contributed by atoms with Crippen molar-refractivity contribution in [2.24, 2.45) is 0 Å². The molecule has 2 aliphatic rings. The van der Waals surface area contributed by atoms with Crippen LogP contribution in [0, 0.1) is 11.8 Å². The van der Waals surface area contributed by atoms with Crippen molar-refractivity contribution in [2.75, 3.05) is 70.8 Å². The van der Waals surface area contributed by atoms with Gasteiger partial charge in [-0.05, 0) is 75.6 Å². The Kier molecular flexibility index (Phi) is 10.4. The SMILES string of the molecule is COc1cc(P2(=O)CCC(N(C)C)CC2)ccc1NCC#Cc1sc2c(N[C@H]3CCN(C)C[C@H]3F)cccc2c1CC(F)(F)F. The third-order valence-corrected chi connectivity index (χ3v) is 13.3. The zero-order chi connectivity index (χ0) is 32.4. The molecule has 5 rings (SSSR count). The summed E-state index contributed by atoms with van der Waals surface area (Å²) in [6.07, 6.45) is -2.88. The van der Waals surface area contributed by atoms with Crippen molar-refractivity contribution in [1.29, 1.82) is 0 Å². The van der Waals surface area contributed by atoms with Crippen molar-refractivity contribution in [1.82, 2.24) is 9.80 Å². The number of hydrogen-bond donors (Lipinski definition) is 2. The van der Waals surface area contributed by atoms with Crippen LogP contribution in [0.1, 0.15) is 29.7 Å². The van der Waals surface area contributed by atoms with E-state index in [2.05, 4.69) is 41.5 Å². The van der Waals surface area contributed by atoms with E-state index in [4.69, 9.17) is 4.74 Å². The molecule has 0 radical (unpaired) electrons. The number of halogens is 4. The third kappa shape index (κ3) is 7.97. The molecule has 2 aromatic carbocycles. The Balaban J connectivity index is 1.34. The third-order valence-electron chi connectivity index (χ3n) is 8.88. The van der Waals surface area contributed by atoms with Crippen LogP contribution in [0.2, 0.25) is 0 Å². The summed E-state index contributed by atoms with van der Waals surface area (Å²) in [6, 6.07) is 10.7. The van der Waals surface area contributed by atoms with E-state index in [-0.39, 0.29) is 12.1 Å². The normalized spacial score (nSPS) is 24.3. The Hall–Kier alpha value is -2.77. The van der Waals surface area contributed by atoms with E-state index in [1.807, 2.05) is 30.1 Å². The number of piperidine rings is 1. The van der Waals surface area contributed by atoms with Crippen molar-refractivity contribution >= 4 is 45.2 Å². The summed E-state index contributed by atoms with van der Waals surface area (Å²) in [5.41, 5.74) is 1.43. The fourth-order valence-electron chi connectivity index (χ4n) is 6.27. The van der Waals surface area contributed by atoms with E-state index >= 15 is 0 Å². The number of thiophene rings is 1. The molecule has 6 nitrogen and oxygen atoms in total. The average Bonchev–Trinajstić information content (AvgIpc) is 3.33. The monoisotopic (exact) mass is 664 g/mol. The molecular formula is C33H41F4N4O2PS. The van der Waals surface area contributed by atoms with Crippen LogP contribution in [-0.2, 0) is 11.0 Å². The molecule has 0 saturated carbocycles. The average molecular weight is 665 g/mol. The van der Waals surface area contributed by atoms with Gasteiger partial charge in [0.15, 0.2) is 0 Å². The van der Waals surface area contributed by atoms with E-state index in [1.54, 1.807) is 25.3 Å². The van der Waals surface area contributed by atoms with Gasteiger partial charge >= 0.3 is 6.18 Å². The minimum absolute atomic E-state index is 0.134. The van der Waals surface area contributed by atoms with Gasteiger partial charge in [-0.2, -0.15) is 13.2 Å². The van der Waals surface area contributed by atoms with Crippen LogP contribution in [0.5, 0.6) is 5.75 Å². The number of fused-ring (bicyclic) bond motifs is 1. The quantitative estimate of drug-likeness (QED) is 0.160. The van der Waals surface area contributed by atoms with E-state index in [1.165, 1.54) is 11.3 Å². The number of ether oxygens (including phenoxy) is 1. The van der Waals surface area contributed by atoms with Gasteiger partial charge in [-0.1, -0.05) is 24.0 Å². The van der Waals surface area contributed by atoms with Crippen molar-refractivity contribution in [3.8, 4) is 17.6 Å². The van der Waals surface area contributed by atoms with Gasteiger partial charge in [0.05, 0.1) is 47.1 Å². The summed E-state index contributed by atoms with van der Waals surface area (Å²) >= 11 is 1.20. The van der Waals surface area contributed by atoms with Gasteiger partial charge in [0.1, 0.15) is 19.1 Å². The minimum Gasteiger partial charge on any atom is -0.495 e. The number of likely N-dealkylation sites (tertiary alicyclic amines) is 1. The molecule has 2 fully saturated rings. The Morgan fingerprint density at radius 2 is 1.89 bits per heavy atom. The fraction of sp³-hybridized carbons (Fsp3) is 0.515. The lowest BCUT2D eigenvalue weighted by molar-refractivity contribution is -0.126. The highest BCUT2D eigenvalue weighted by atomic mass is 32.1. The van der Waals surface area contributed by atoms with Crippen LogP contribution >= 0.6 is 18.5 Å². The summed E-state index contributed by atoms with van der Waals surface area (Å²) in [6.45, 7) is 1.22. The minimum atomic E-state index is -4.41. The van der Waals surface area contributed by atoms with Crippen molar-refractivity contribution in [2.45, 2.75) is 50.1 Å². The zero-order valence-electron chi connectivity index (χ0n) is 26.1. The summed E-state index contributed by atoms with van der Waals surface area (Å²) < 4.78 is 75.8. The molecule has 45 heavy (non-hydrogen) atoms. The molecule has 0 bridgehead atoms. The van der Waals surface area contributed by atoms with E-state index in [0.717, 1.165) is 24.7 Å². The van der Waals surface area contributed by atoms with Crippen molar-refractivity contribution in [3.63, 3.8) is 0 Å². The van der Waals surface area contributed by atoms with Gasteiger partial charge in [-0.15, -0.1) is 11.3 Å². The number of methoxy groups -OCH3 is 1. The predicted molar refractivity (Wildman–Crippen MR) is 178 cm³/mol. The van der Waals surface area contributed by atoms with Gasteiger partial charge in [0.2, 0.25) is 0 Å². The Bertz CT molecular complexity index is 1600. The largest absolute Gasteiger partial charge is 0.495 e. The first-order valence-electron chi connectivity index (χ1n) is 15.2. The summed E-state index contributed by atoms with van der Waals surface area (Å²) in [7, 11) is 5.02. The molecule has 2 saturated heterocycles. The second kappa shape index (κ2) is 13.9. The summed E-state index contributed by atoms with van der Waals surface area (Å²) in [5, 5.41) is 7.76. The lowest BCUT2D eigenvalue weighted by Gasteiger charge is -2.33. The molecule has 0 unspecified atom stereocenters. The molecule has 2 aliphatic heterocycles. The Morgan fingerprint density at radius 1 is 1.13 bits per heavy atom. The van der Waals surface area contributed by atoms with E-state index in [9.17, 15) is 22.1 Å². The van der Waals surface area contributed by atoms with Gasteiger partial charge in [-0.3, -0.25) is 0 Å².